The molecule has 1 fully saturated rings. The van der Waals surface area contributed by atoms with Gasteiger partial charge < -0.3 is 24.8 Å². The normalized spacial score (nSPS) is 18.7. The van der Waals surface area contributed by atoms with Crippen molar-refractivity contribution in [2.45, 2.75) is 65.4 Å². The number of aliphatic hydroxyl groups excluding tert-OH is 1. The lowest BCUT2D eigenvalue weighted by Crippen LogP contribution is -2.42. The standard InChI is InChI=1S/C30H47N3O5/c1-5-32(20-21-34)19-16-31-28(35)26-8-6-24(7-9-26)25-10-12-27(13-11-25)37-22-23-14-17-33(18-15-23)29(36)38-30(2,3)4/h6,10-13,23,26,34H,5,7-9,14-22H2,1-4H3,(H,31,35). The third-order valence-electron chi connectivity index (χ3n) is 7.35. The number of ether oxygens (including phenoxy) is 2. The molecule has 8 nitrogen and oxygen atoms in total. The molecule has 0 aromatic heterocycles. The minimum absolute atomic E-state index is 0.0241. The minimum atomic E-state index is -0.467. The Balaban J connectivity index is 1.38. The summed E-state index contributed by atoms with van der Waals surface area (Å²) in [4.78, 5) is 28.7. The minimum Gasteiger partial charge on any atom is -0.493 e. The third-order valence-corrected chi connectivity index (χ3v) is 7.35. The lowest BCUT2D eigenvalue weighted by Gasteiger charge is -2.33. The van der Waals surface area contributed by atoms with E-state index in [0.29, 0.717) is 38.7 Å². The number of piperidine rings is 1. The van der Waals surface area contributed by atoms with Crippen LogP contribution >= 0.6 is 0 Å². The summed E-state index contributed by atoms with van der Waals surface area (Å²) in [6.07, 6.45) is 6.30. The number of benzene rings is 1. The summed E-state index contributed by atoms with van der Waals surface area (Å²) in [5.41, 5.74) is 2.01. The summed E-state index contributed by atoms with van der Waals surface area (Å²) >= 11 is 0. The average Bonchev–Trinajstić information content (AvgIpc) is 2.91. The van der Waals surface area contributed by atoms with Gasteiger partial charge in [0.25, 0.3) is 0 Å². The Morgan fingerprint density at radius 3 is 2.39 bits per heavy atom. The van der Waals surface area contributed by atoms with E-state index in [9.17, 15) is 9.59 Å². The number of nitrogens with zero attached hydrogens (tertiary/aromatic N) is 2. The van der Waals surface area contributed by atoms with E-state index in [-0.39, 0.29) is 24.5 Å². The lowest BCUT2D eigenvalue weighted by molar-refractivity contribution is -0.125. The Hall–Kier alpha value is -2.58. The second kappa shape index (κ2) is 14.5. The van der Waals surface area contributed by atoms with Crippen molar-refractivity contribution in [3.63, 3.8) is 0 Å². The maximum atomic E-state index is 12.6. The molecule has 2 aliphatic rings. The van der Waals surface area contributed by atoms with E-state index in [2.05, 4.69) is 35.3 Å². The Bertz CT molecular complexity index is 917. The molecule has 8 heteroatoms. The number of carbonyl (C=O) groups is 2. The van der Waals surface area contributed by atoms with Crippen molar-refractivity contribution in [1.82, 2.24) is 15.1 Å². The number of amides is 2. The number of hydrogen-bond donors (Lipinski definition) is 2. The van der Waals surface area contributed by atoms with Crippen LogP contribution in [0.5, 0.6) is 5.75 Å². The topological polar surface area (TPSA) is 91.3 Å². The predicted molar refractivity (Wildman–Crippen MR) is 150 cm³/mol. The zero-order valence-corrected chi connectivity index (χ0v) is 23.7. The molecule has 2 N–H and O–H groups in total. The van der Waals surface area contributed by atoms with E-state index in [1.54, 1.807) is 4.90 Å². The van der Waals surface area contributed by atoms with Crippen LogP contribution in [0.1, 0.15) is 65.4 Å². The summed E-state index contributed by atoms with van der Waals surface area (Å²) < 4.78 is 11.5. The number of aliphatic hydroxyl groups is 1. The van der Waals surface area contributed by atoms with E-state index in [1.807, 2.05) is 32.9 Å². The molecule has 0 radical (unpaired) electrons. The van der Waals surface area contributed by atoms with E-state index < -0.39 is 5.60 Å². The van der Waals surface area contributed by atoms with Crippen LogP contribution in [-0.4, -0.2) is 85.0 Å². The first-order valence-corrected chi connectivity index (χ1v) is 14.2. The zero-order chi connectivity index (χ0) is 27.5. The number of likely N-dealkylation sites (tertiary alicyclic amines) is 1. The smallest absolute Gasteiger partial charge is 0.410 e. The highest BCUT2D eigenvalue weighted by Gasteiger charge is 2.27. The van der Waals surface area contributed by atoms with E-state index in [1.165, 1.54) is 11.1 Å². The molecule has 1 aromatic carbocycles. The second-order valence-electron chi connectivity index (χ2n) is 11.4. The van der Waals surface area contributed by atoms with Crippen LogP contribution in [0, 0.1) is 11.8 Å². The molecular weight excluding hydrogens is 482 g/mol. The van der Waals surface area contributed by atoms with Crippen molar-refractivity contribution in [2.75, 3.05) is 52.5 Å². The molecule has 0 saturated carbocycles. The zero-order valence-electron chi connectivity index (χ0n) is 23.7. The first-order chi connectivity index (χ1) is 18.2. The highest BCUT2D eigenvalue weighted by atomic mass is 16.6. The Morgan fingerprint density at radius 2 is 1.82 bits per heavy atom. The van der Waals surface area contributed by atoms with Crippen LogP contribution < -0.4 is 10.1 Å². The van der Waals surface area contributed by atoms with E-state index in [0.717, 1.165) is 50.9 Å². The van der Waals surface area contributed by atoms with Gasteiger partial charge in [-0.2, -0.15) is 0 Å². The van der Waals surface area contributed by atoms with Crippen LogP contribution in [0.4, 0.5) is 4.79 Å². The van der Waals surface area contributed by atoms with Crippen LogP contribution in [0.3, 0.4) is 0 Å². The molecule has 38 heavy (non-hydrogen) atoms. The molecule has 0 spiro atoms. The summed E-state index contributed by atoms with van der Waals surface area (Å²) in [7, 11) is 0. The van der Waals surface area contributed by atoms with Crippen molar-refractivity contribution in [1.29, 1.82) is 0 Å². The number of carbonyl (C=O) groups excluding carboxylic acids is 2. The van der Waals surface area contributed by atoms with Crippen LogP contribution in [0.25, 0.3) is 5.57 Å². The third kappa shape index (κ3) is 9.62. The SMILES string of the molecule is CCN(CCO)CCNC(=O)C1CC=C(c2ccc(OCC3CCN(C(=O)OC(C)(C)C)CC3)cc2)CC1. The average molecular weight is 530 g/mol. The maximum Gasteiger partial charge on any atom is 0.410 e. The molecule has 1 aliphatic carbocycles. The molecule has 2 amide bonds. The molecule has 1 heterocycles. The first-order valence-electron chi connectivity index (χ1n) is 14.2. The quantitative estimate of drug-likeness (QED) is 0.444. The number of rotatable bonds is 11. The van der Waals surface area contributed by atoms with Gasteiger partial charge in [0.15, 0.2) is 0 Å². The van der Waals surface area contributed by atoms with Gasteiger partial charge >= 0.3 is 6.09 Å². The van der Waals surface area contributed by atoms with Gasteiger partial charge in [0.2, 0.25) is 5.91 Å². The van der Waals surface area contributed by atoms with Gasteiger partial charge in [-0.05, 0) is 88.6 Å². The first kappa shape index (κ1) is 30.0. The Labute approximate surface area is 228 Å². The number of nitrogens with one attached hydrogen (secondary N) is 1. The Morgan fingerprint density at radius 1 is 1.11 bits per heavy atom. The van der Waals surface area contributed by atoms with E-state index in [4.69, 9.17) is 14.6 Å². The number of allylic oxidation sites excluding steroid dienone is 2. The van der Waals surface area contributed by atoms with Crippen molar-refractivity contribution >= 4 is 17.6 Å². The fourth-order valence-corrected chi connectivity index (χ4v) is 4.97. The number of hydrogen-bond acceptors (Lipinski definition) is 6. The van der Waals surface area contributed by atoms with Gasteiger partial charge in [-0.25, -0.2) is 4.79 Å². The largest absolute Gasteiger partial charge is 0.493 e. The second-order valence-corrected chi connectivity index (χ2v) is 11.4. The van der Waals surface area contributed by atoms with Gasteiger partial charge in [0.1, 0.15) is 11.4 Å². The monoisotopic (exact) mass is 529 g/mol. The van der Waals surface area contributed by atoms with E-state index >= 15 is 0 Å². The van der Waals surface area contributed by atoms with Crippen LogP contribution in [0.15, 0.2) is 30.3 Å². The summed E-state index contributed by atoms with van der Waals surface area (Å²) in [5, 5.41) is 12.1. The van der Waals surface area contributed by atoms with Gasteiger partial charge in [-0.3, -0.25) is 9.69 Å². The molecule has 1 aromatic rings. The lowest BCUT2D eigenvalue weighted by atomic mass is 9.86. The fourth-order valence-electron chi connectivity index (χ4n) is 4.97. The van der Waals surface area contributed by atoms with Gasteiger partial charge in [-0.1, -0.05) is 25.1 Å². The van der Waals surface area contributed by atoms with Gasteiger partial charge in [-0.15, -0.1) is 0 Å². The van der Waals surface area contributed by atoms with Gasteiger partial charge in [0.05, 0.1) is 13.2 Å². The Kier molecular flexibility index (Phi) is 11.5. The summed E-state index contributed by atoms with van der Waals surface area (Å²) in [6.45, 7) is 12.8. The van der Waals surface area contributed by atoms with Crippen molar-refractivity contribution in [3.8, 4) is 5.75 Å². The van der Waals surface area contributed by atoms with Crippen LogP contribution in [-0.2, 0) is 9.53 Å². The molecule has 1 unspecified atom stereocenters. The maximum absolute atomic E-state index is 12.6. The van der Waals surface area contributed by atoms with Crippen molar-refractivity contribution < 1.29 is 24.2 Å². The van der Waals surface area contributed by atoms with Crippen molar-refractivity contribution in [2.24, 2.45) is 11.8 Å². The molecule has 3 rings (SSSR count). The van der Waals surface area contributed by atoms with Crippen molar-refractivity contribution in [3.05, 3.63) is 35.9 Å². The predicted octanol–water partition coefficient (Wildman–Crippen LogP) is 4.33. The molecule has 1 atom stereocenters. The fraction of sp³-hybridized carbons (Fsp3) is 0.667. The van der Waals surface area contributed by atoms with Gasteiger partial charge in [0, 0.05) is 38.6 Å². The summed E-state index contributed by atoms with van der Waals surface area (Å²) in [6, 6.07) is 8.26. The molecule has 0 bridgehead atoms. The van der Waals surface area contributed by atoms with Crippen LogP contribution in [0.2, 0.25) is 0 Å². The summed E-state index contributed by atoms with van der Waals surface area (Å²) in [5.74, 6) is 1.44. The molecule has 212 valence electrons. The molecule has 1 saturated heterocycles. The number of likely N-dealkylation sites (N-methyl/N-ethyl adjacent to an activating group) is 1. The highest BCUT2D eigenvalue weighted by Crippen LogP contribution is 2.31. The molecular formula is C30H47N3O5. The molecule has 1 aliphatic heterocycles. The highest BCUT2D eigenvalue weighted by molar-refractivity contribution is 5.80.